The molecule has 0 radical (unpaired) electrons. The number of benzene rings is 2. The van der Waals surface area contributed by atoms with E-state index in [1.165, 1.54) is 11.1 Å². The average molecular weight is 677 g/mol. The minimum Gasteiger partial charge on any atom is -0.441 e. The molecule has 4 rings (SSSR count). The number of carbonyl (C=O) groups excluding carboxylic acids is 3. The maximum atomic E-state index is 13.4. The molecule has 12 nitrogen and oxygen atoms in total. The molecule has 256 valence electrons. The second kappa shape index (κ2) is 18.0. The molecular formula is C35H44N6O6S. The number of nitrogens with zero attached hydrogens (tertiary/aromatic N) is 3. The maximum absolute atomic E-state index is 13.4. The van der Waals surface area contributed by atoms with Gasteiger partial charge < -0.3 is 35.2 Å². The molecule has 4 aromatic rings. The van der Waals surface area contributed by atoms with Gasteiger partial charge >= 0.3 is 12.1 Å². The highest BCUT2D eigenvalue weighted by Gasteiger charge is 2.28. The number of alkyl carbamates (subject to hydrolysis) is 1. The van der Waals surface area contributed by atoms with Gasteiger partial charge in [0.15, 0.2) is 12.4 Å². The summed E-state index contributed by atoms with van der Waals surface area (Å²) < 4.78 is 10.3. The Hall–Kier alpha value is -4.75. The Bertz CT molecular complexity index is 1570. The van der Waals surface area contributed by atoms with Crippen LogP contribution in [-0.4, -0.2) is 69.5 Å². The lowest BCUT2D eigenvalue weighted by atomic mass is 9.93. The Morgan fingerprint density at radius 2 is 1.60 bits per heavy atom. The Kier molecular flexibility index (Phi) is 13.5. The van der Waals surface area contributed by atoms with Crippen molar-refractivity contribution in [3.63, 3.8) is 0 Å². The van der Waals surface area contributed by atoms with Crippen LogP contribution in [0.2, 0.25) is 0 Å². The Morgan fingerprint density at radius 1 is 0.938 bits per heavy atom. The quantitative estimate of drug-likeness (QED) is 0.132. The van der Waals surface area contributed by atoms with E-state index in [0.717, 1.165) is 21.8 Å². The monoisotopic (exact) mass is 676 g/mol. The van der Waals surface area contributed by atoms with Gasteiger partial charge in [0.05, 0.1) is 35.6 Å². The van der Waals surface area contributed by atoms with Crippen molar-refractivity contribution < 1.29 is 28.8 Å². The molecule has 0 fully saturated rings. The molecule has 0 saturated carbocycles. The van der Waals surface area contributed by atoms with Crippen LogP contribution in [0.25, 0.3) is 0 Å². The number of nitrogens with one attached hydrogen (secondary N) is 3. The lowest BCUT2D eigenvalue weighted by molar-refractivity contribution is -0.123. The molecule has 48 heavy (non-hydrogen) atoms. The molecule has 4 N–H and O–H groups in total. The molecule has 0 aliphatic rings. The molecule has 2 heterocycles. The summed E-state index contributed by atoms with van der Waals surface area (Å²) in [5, 5.41) is 26.6. The number of ether oxygens (including phenoxy) is 1. The molecule has 13 heteroatoms. The van der Waals surface area contributed by atoms with Gasteiger partial charge in [-0.3, -0.25) is 4.79 Å². The van der Waals surface area contributed by atoms with Crippen molar-refractivity contribution in [3.05, 3.63) is 106 Å². The fourth-order valence-electron chi connectivity index (χ4n) is 5.01. The summed E-state index contributed by atoms with van der Waals surface area (Å²) in [5.41, 5.74) is 2.64. The number of thiazole rings is 1. The first-order valence-electron chi connectivity index (χ1n) is 15.9. The molecule has 4 atom stereocenters. The van der Waals surface area contributed by atoms with E-state index < -0.39 is 42.3 Å². The molecule has 2 aromatic heterocycles. The number of rotatable bonds is 16. The van der Waals surface area contributed by atoms with Crippen LogP contribution in [0.4, 0.5) is 9.59 Å². The Balaban J connectivity index is 1.41. The van der Waals surface area contributed by atoms with Crippen molar-refractivity contribution in [1.82, 2.24) is 31.0 Å². The fourth-order valence-corrected chi connectivity index (χ4v) is 5.83. The van der Waals surface area contributed by atoms with Crippen molar-refractivity contribution >= 4 is 29.4 Å². The van der Waals surface area contributed by atoms with E-state index in [0.29, 0.717) is 31.1 Å². The second-order valence-electron chi connectivity index (χ2n) is 12.1. The molecule has 2 aromatic carbocycles. The molecular weight excluding hydrogens is 632 g/mol. The summed E-state index contributed by atoms with van der Waals surface area (Å²) in [6.07, 6.45) is 0.510. The third kappa shape index (κ3) is 11.5. The van der Waals surface area contributed by atoms with Crippen molar-refractivity contribution in [2.75, 3.05) is 7.05 Å². The van der Waals surface area contributed by atoms with E-state index in [1.807, 2.05) is 66.0 Å². The van der Waals surface area contributed by atoms with Crippen LogP contribution in [0.1, 0.15) is 60.7 Å². The van der Waals surface area contributed by atoms with E-state index in [2.05, 4.69) is 39.9 Å². The molecule has 0 aliphatic carbocycles. The van der Waals surface area contributed by atoms with Gasteiger partial charge in [-0.15, -0.1) is 11.3 Å². The Morgan fingerprint density at radius 3 is 2.21 bits per heavy atom. The van der Waals surface area contributed by atoms with Gasteiger partial charge in [0.1, 0.15) is 6.04 Å². The normalized spacial score (nSPS) is 13.6. The summed E-state index contributed by atoms with van der Waals surface area (Å²) in [4.78, 5) is 45.2. The van der Waals surface area contributed by atoms with Crippen LogP contribution in [0.3, 0.4) is 0 Å². The zero-order valence-electron chi connectivity index (χ0n) is 27.7. The van der Waals surface area contributed by atoms with Gasteiger partial charge in [-0.1, -0.05) is 79.7 Å². The van der Waals surface area contributed by atoms with E-state index in [9.17, 15) is 19.5 Å². The minimum atomic E-state index is -1.07. The number of urea groups is 1. The molecule has 4 amide bonds. The minimum absolute atomic E-state index is 0.114. The standard InChI is InChI=1S/C35H44N6O6S/c1-23(2)33-39-28(22-48-33)20-41(4)34(44)37-24(3)32(43)38-27(17-25-11-7-5-8-12-25)19-31(42)30(18-26-13-9-6-10-14-26)40-35(45)46-21-29-15-16-36-47-29/h5-16,22-24,27,30-31,42H,17-21H2,1-4H3,(H,37,44)(H,38,43)(H,40,45)/t24-,27-,30-,31-/m0/s1. The van der Waals surface area contributed by atoms with Gasteiger partial charge in [0.25, 0.3) is 0 Å². The Labute approximate surface area is 284 Å². The highest BCUT2D eigenvalue weighted by molar-refractivity contribution is 7.09. The predicted molar refractivity (Wildman–Crippen MR) is 182 cm³/mol. The van der Waals surface area contributed by atoms with E-state index in [-0.39, 0.29) is 13.0 Å². The maximum Gasteiger partial charge on any atom is 0.407 e. The molecule has 0 aliphatic heterocycles. The number of amides is 4. The van der Waals surface area contributed by atoms with Gasteiger partial charge in [0.2, 0.25) is 5.91 Å². The first kappa shape index (κ1) is 36.1. The van der Waals surface area contributed by atoms with Gasteiger partial charge in [0, 0.05) is 30.5 Å². The number of carbonyl (C=O) groups is 3. The molecule has 0 spiro atoms. The largest absolute Gasteiger partial charge is 0.441 e. The summed E-state index contributed by atoms with van der Waals surface area (Å²) in [7, 11) is 1.65. The van der Waals surface area contributed by atoms with Gasteiger partial charge in [-0.2, -0.15) is 0 Å². The summed E-state index contributed by atoms with van der Waals surface area (Å²) >= 11 is 1.56. The van der Waals surface area contributed by atoms with Crippen LogP contribution >= 0.6 is 11.3 Å². The van der Waals surface area contributed by atoms with Crippen LogP contribution in [0, 0.1) is 0 Å². The van der Waals surface area contributed by atoms with Crippen molar-refractivity contribution in [1.29, 1.82) is 0 Å². The highest BCUT2D eigenvalue weighted by atomic mass is 32.1. The third-order valence-electron chi connectivity index (χ3n) is 7.64. The summed E-state index contributed by atoms with van der Waals surface area (Å²) in [6.45, 7) is 5.94. The first-order valence-corrected chi connectivity index (χ1v) is 16.8. The topological polar surface area (TPSA) is 159 Å². The smallest absolute Gasteiger partial charge is 0.407 e. The highest BCUT2D eigenvalue weighted by Crippen LogP contribution is 2.20. The number of hydrogen-bond acceptors (Lipinski definition) is 9. The van der Waals surface area contributed by atoms with Gasteiger partial charge in [-0.25, -0.2) is 14.6 Å². The second-order valence-corrected chi connectivity index (χ2v) is 12.9. The van der Waals surface area contributed by atoms with E-state index in [4.69, 9.17) is 9.26 Å². The predicted octanol–water partition coefficient (Wildman–Crippen LogP) is 4.80. The zero-order chi connectivity index (χ0) is 34.5. The van der Waals surface area contributed by atoms with Crippen molar-refractivity contribution in [2.24, 2.45) is 0 Å². The fraction of sp³-hybridized carbons (Fsp3) is 0.400. The number of aliphatic hydroxyl groups excluding tert-OH is 1. The third-order valence-corrected chi connectivity index (χ3v) is 8.84. The van der Waals surface area contributed by atoms with Crippen molar-refractivity contribution in [2.45, 2.75) is 83.3 Å². The molecule has 0 bridgehead atoms. The van der Waals surface area contributed by atoms with E-state index in [1.54, 1.807) is 31.4 Å². The summed E-state index contributed by atoms with van der Waals surface area (Å²) in [5.74, 6) is 0.281. The van der Waals surface area contributed by atoms with Crippen LogP contribution in [0.5, 0.6) is 0 Å². The lowest BCUT2D eigenvalue weighted by Crippen LogP contribution is -2.53. The van der Waals surface area contributed by atoms with Gasteiger partial charge in [-0.05, 0) is 37.3 Å². The van der Waals surface area contributed by atoms with Crippen LogP contribution < -0.4 is 16.0 Å². The number of aliphatic hydroxyl groups is 1. The SMILES string of the molecule is CC(C)c1nc(CN(C)C(=O)N[C@@H](C)C(=O)N[C@@H](Cc2ccccc2)C[C@H](O)[C@H](Cc2ccccc2)NC(=O)OCc2ccno2)cs1. The van der Waals surface area contributed by atoms with Crippen molar-refractivity contribution in [3.8, 4) is 0 Å². The lowest BCUT2D eigenvalue weighted by Gasteiger charge is -2.29. The van der Waals surface area contributed by atoms with Crippen LogP contribution in [-0.2, 0) is 35.5 Å². The molecule has 0 saturated heterocycles. The zero-order valence-corrected chi connectivity index (χ0v) is 28.5. The first-order chi connectivity index (χ1) is 23.1. The van der Waals surface area contributed by atoms with E-state index >= 15 is 0 Å². The summed E-state index contributed by atoms with van der Waals surface area (Å²) in [6, 6.07) is 18.1. The average Bonchev–Trinajstić information content (AvgIpc) is 3.77. The number of hydrogen-bond donors (Lipinski definition) is 4. The number of aromatic nitrogens is 2. The molecule has 0 unspecified atom stereocenters. The van der Waals surface area contributed by atoms with Crippen LogP contribution in [0.15, 0.2) is 82.8 Å².